The van der Waals surface area contributed by atoms with Crippen LogP contribution in [0.15, 0.2) is 46.8 Å². The molecule has 0 saturated heterocycles. The molecular formula is C18H16N6O2S. The van der Waals surface area contributed by atoms with E-state index in [1.54, 1.807) is 23.2 Å². The maximum absolute atomic E-state index is 12.5. The van der Waals surface area contributed by atoms with Crippen LogP contribution in [0.5, 0.6) is 0 Å². The summed E-state index contributed by atoms with van der Waals surface area (Å²) in [5, 5.41) is 7.12. The van der Waals surface area contributed by atoms with Crippen molar-refractivity contribution in [1.82, 2.24) is 24.1 Å². The number of anilines is 1. The molecule has 1 amide bonds. The first kappa shape index (κ1) is 17.1. The van der Waals surface area contributed by atoms with Gasteiger partial charge in [0, 0.05) is 23.6 Å². The van der Waals surface area contributed by atoms with Gasteiger partial charge >= 0.3 is 0 Å². The maximum Gasteiger partial charge on any atom is 0.275 e. The molecule has 27 heavy (non-hydrogen) atoms. The lowest BCUT2D eigenvalue weighted by Gasteiger charge is -2.11. The van der Waals surface area contributed by atoms with Crippen LogP contribution < -0.4 is 10.9 Å². The van der Waals surface area contributed by atoms with E-state index >= 15 is 0 Å². The van der Waals surface area contributed by atoms with Crippen molar-refractivity contribution in [3.8, 4) is 10.7 Å². The zero-order valence-corrected chi connectivity index (χ0v) is 15.5. The molecule has 0 aliphatic heterocycles. The van der Waals surface area contributed by atoms with Crippen LogP contribution in [-0.4, -0.2) is 30.1 Å². The Morgan fingerprint density at radius 3 is 2.70 bits per heavy atom. The molecule has 4 rings (SSSR count). The Morgan fingerprint density at radius 1 is 1.22 bits per heavy atom. The molecule has 9 heteroatoms. The van der Waals surface area contributed by atoms with Crippen molar-refractivity contribution in [2.24, 2.45) is 0 Å². The molecule has 3 aromatic heterocycles. The van der Waals surface area contributed by atoms with Gasteiger partial charge in [-0.25, -0.2) is 0 Å². The Labute approximate surface area is 158 Å². The Kier molecular flexibility index (Phi) is 4.28. The quantitative estimate of drug-likeness (QED) is 0.586. The number of nitrogens with one attached hydrogen (secondary N) is 1. The third kappa shape index (κ3) is 3.36. The number of rotatable bonds is 4. The second-order valence-corrected chi connectivity index (χ2v) is 7.02. The van der Waals surface area contributed by atoms with Gasteiger partial charge in [-0.1, -0.05) is 17.7 Å². The van der Waals surface area contributed by atoms with Crippen LogP contribution >= 0.6 is 11.3 Å². The first-order valence-electron chi connectivity index (χ1n) is 8.24. The number of carbonyl (C=O) groups is 1. The number of fused-ring (bicyclic) bond motifs is 1. The van der Waals surface area contributed by atoms with Crippen LogP contribution in [0.3, 0.4) is 0 Å². The number of aromatic nitrogens is 5. The number of aryl methyl sites for hydroxylation is 2. The highest BCUT2D eigenvalue weighted by Gasteiger charge is 2.16. The minimum absolute atomic E-state index is 0.0182. The standard InChI is InChI=1S/C18H16N6O2S/c1-11-3-5-13(6-4-11)20-15(25)9-23-12(2)7-16(26)24-18(23)21-17(22-24)14-8-19-10-27-14/h3-8,10H,9H2,1-2H3,(H,20,25). The van der Waals surface area contributed by atoms with Gasteiger partial charge in [-0.2, -0.15) is 9.50 Å². The van der Waals surface area contributed by atoms with Crippen molar-refractivity contribution < 1.29 is 4.79 Å². The number of nitrogens with zero attached hydrogens (tertiary/aromatic N) is 5. The second-order valence-electron chi connectivity index (χ2n) is 6.14. The summed E-state index contributed by atoms with van der Waals surface area (Å²) in [6.45, 7) is 3.77. The summed E-state index contributed by atoms with van der Waals surface area (Å²) >= 11 is 1.38. The molecule has 0 radical (unpaired) electrons. The summed E-state index contributed by atoms with van der Waals surface area (Å²) < 4.78 is 2.88. The monoisotopic (exact) mass is 380 g/mol. The molecule has 0 atom stereocenters. The van der Waals surface area contributed by atoms with E-state index in [1.165, 1.54) is 21.9 Å². The van der Waals surface area contributed by atoms with Crippen LogP contribution in [0.4, 0.5) is 5.69 Å². The average molecular weight is 380 g/mol. The smallest absolute Gasteiger partial charge is 0.275 e. The van der Waals surface area contributed by atoms with Gasteiger partial charge in [0.2, 0.25) is 11.7 Å². The largest absolute Gasteiger partial charge is 0.325 e. The highest BCUT2D eigenvalue weighted by molar-refractivity contribution is 7.13. The molecule has 4 aromatic rings. The molecule has 0 aliphatic rings. The van der Waals surface area contributed by atoms with Crippen LogP contribution in [0.25, 0.3) is 16.5 Å². The van der Waals surface area contributed by atoms with E-state index in [4.69, 9.17) is 0 Å². The van der Waals surface area contributed by atoms with E-state index in [-0.39, 0.29) is 18.0 Å². The van der Waals surface area contributed by atoms with Gasteiger partial charge in [-0.3, -0.25) is 14.6 Å². The Hall–Kier alpha value is -3.33. The van der Waals surface area contributed by atoms with Crippen molar-refractivity contribution in [2.75, 3.05) is 5.32 Å². The molecule has 3 heterocycles. The predicted octanol–water partition coefficient (Wildman–Crippen LogP) is 2.27. The highest BCUT2D eigenvalue weighted by Crippen LogP contribution is 2.20. The third-order valence-corrected chi connectivity index (χ3v) is 4.86. The van der Waals surface area contributed by atoms with Gasteiger partial charge < -0.3 is 9.88 Å². The third-order valence-electron chi connectivity index (χ3n) is 4.09. The molecule has 0 unspecified atom stereocenters. The van der Waals surface area contributed by atoms with E-state index in [0.717, 1.165) is 10.4 Å². The lowest BCUT2D eigenvalue weighted by atomic mass is 10.2. The minimum Gasteiger partial charge on any atom is -0.325 e. The van der Waals surface area contributed by atoms with E-state index in [2.05, 4.69) is 20.4 Å². The van der Waals surface area contributed by atoms with Crippen molar-refractivity contribution in [3.05, 3.63) is 63.7 Å². The van der Waals surface area contributed by atoms with Crippen LogP contribution in [-0.2, 0) is 11.3 Å². The normalized spacial score (nSPS) is 11.0. The van der Waals surface area contributed by atoms with Crippen LogP contribution in [0.2, 0.25) is 0 Å². The van der Waals surface area contributed by atoms with Gasteiger partial charge in [0.25, 0.3) is 5.56 Å². The molecule has 0 fully saturated rings. The van der Waals surface area contributed by atoms with Crippen LogP contribution in [0.1, 0.15) is 11.3 Å². The number of hydrogen-bond donors (Lipinski definition) is 1. The van der Waals surface area contributed by atoms with Gasteiger partial charge in [0.1, 0.15) is 6.54 Å². The Balaban J connectivity index is 1.69. The lowest BCUT2D eigenvalue weighted by Crippen LogP contribution is -2.25. The average Bonchev–Trinajstić information content (AvgIpc) is 3.30. The second kappa shape index (κ2) is 6.76. The molecule has 0 aliphatic carbocycles. The fourth-order valence-electron chi connectivity index (χ4n) is 2.71. The number of carbonyl (C=O) groups excluding carboxylic acids is 1. The molecule has 1 N–H and O–H groups in total. The molecular weight excluding hydrogens is 364 g/mol. The zero-order valence-electron chi connectivity index (χ0n) is 14.7. The highest BCUT2D eigenvalue weighted by atomic mass is 32.1. The summed E-state index contributed by atoms with van der Waals surface area (Å²) in [4.78, 5) is 34.0. The Morgan fingerprint density at radius 2 is 2.00 bits per heavy atom. The predicted molar refractivity (Wildman–Crippen MR) is 103 cm³/mol. The molecule has 1 aromatic carbocycles. The molecule has 0 bridgehead atoms. The van der Waals surface area contributed by atoms with E-state index in [1.807, 2.05) is 31.2 Å². The number of hydrogen-bond acceptors (Lipinski definition) is 6. The summed E-state index contributed by atoms with van der Waals surface area (Å²) in [7, 11) is 0. The lowest BCUT2D eigenvalue weighted by molar-refractivity contribution is -0.116. The van der Waals surface area contributed by atoms with E-state index in [0.29, 0.717) is 23.0 Å². The van der Waals surface area contributed by atoms with E-state index < -0.39 is 0 Å². The molecule has 0 spiro atoms. The zero-order chi connectivity index (χ0) is 19.0. The first-order valence-corrected chi connectivity index (χ1v) is 9.12. The topological polar surface area (TPSA) is 94.2 Å². The number of amides is 1. The number of thiazole rings is 1. The number of benzene rings is 1. The minimum atomic E-state index is -0.291. The van der Waals surface area contributed by atoms with Crippen LogP contribution in [0, 0.1) is 13.8 Å². The van der Waals surface area contributed by atoms with Crippen molar-refractivity contribution in [2.45, 2.75) is 20.4 Å². The molecule has 0 saturated carbocycles. The van der Waals surface area contributed by atoms with Gasteiger partial charge in [-0.05, 0) is 26.0 Å². The fraction of sp³-hybridized carbons (Fsp3) is 0.167. The van der Waals surface area contributed by atoms with E-state index in [9.17, 15) is 9.59 Å². The van der Waals surface area contributed by atoms with Crippen molar-refractivity contribution >= 4 is 28.7 Å². The summed E-state index contributed by atoms with van der Waals surface area (Å²) in [5.74, 6) is 0.519. The molecule has 8 nitrogen and oxygen atoms in total. The van der Waals surface area contributed by atoms with Crippen molar-refractivity contribution in [3.63, 3.8) is 0 Å². The van der Waals surface area contributed by atoms with Gasteiger partial charge in [-0.15, -0.1) is 16.4 Å². The first-order chi connectivity index (χ1) is 13.0. The molecule has 136 valence electrons. The Bertz CT molecular complexity index is 1180. The van der Waals surface area contributed by atoms with Gasteiger partial charge in [0.15, 0.2) is 5.82 Å². The fourth-order valence-corrected chi connectivity index (χ4v) is 3.26. The van der Waals surface area contributed by atoms with Crippen molar-refractivity contribution in [1.29, 1.82) is 0 Å². The SMILES string of the molecule is Cc1ccc(NC(=O)Cn2c(C)cc(=O)n3nc(-c4cncs4)nc23)cc1. The summed E-state index contributed by atoms with van der Waals surface area (Å²) in [5.41, 5.74) is 3.85. The maximum atomic E-state index is 12.5. The summed E-state index contributed by atoms with van der Waals surface area (Å²) in [6.07, 6.45) is 1.64. The summed E-state index contributed by atoms with van der Waals surface area (Å²) in [6, 6.07) is 8.99. The van der Waals surface area contributed by atoms with Gasteiger partial charge in [0.05, 0.1) is 10.4 Å².